The Balaban J connectivity index is 1.24. The molecule has 9 heteroatoms. The number of furan rings is 2. The maximum absolute atomic E-state index is 12.2. The molecule has 3 aromatic carbocycles. The van der Waals surface area contributed by atoms with Gasteiger partial charge in [-0.25, -0.2) is 9.59 Å². The van der Waals surface area contributed by atoms with Crippen molar-refractivity contribution in [3.05, 3.63) is 132 Å². The van der Waals surface area contributed by atoms with Crippen LogP contribution in [0.2, 0.25) is 0 Å². The number of aryl methyl sites for hydroxylation is 2. The van der Waals surface area contributed by atoms with Crippen molar-refractivity contribution < 1.29 is 27.9 Å². The van der Waals surface area contributed by atoms with Crippen molar-refractivity contribution in [1.82, 2.24) is 10.6 Å². The van der Waals surface area contributed by atoms with Crippen LogP contribution in [-0.2, 0) is 24.2 Å². The lowest BCUT2D eigenvalue weighted by molar-refractivity contribution is 0.146. The largest absolute Gasteiger partial charge is 0.467 e. The molecule has 0 aliphatic rings. The van der Waals surface area contributed by atoms with E-state index in [1.165, 1.54) is 11.1 Å². The number of rotatable bonds is 11. The standard InChI is InChI=1S/C34H33N3O6/c1-24-7-10-29(21-25(24)2)37(28-13-15-30(16-14-28)43-34(39)36-23-32-6-4-19-41-32)27-11-8-26(9-12-27)17-20-42-33(38)35-22-31-5-3-18-40-31/h3-16,18-19,21H,17,20,22-23H2,1-2H3,(H,35,38)(H,36,39). The van der Waals surface area contributed by atoms with Gasteiger partial charge < -0.3 is 33.8 Å². The molecule has 9 nitrogen and oxygen atoms in total. The average Bonchev–Trinajstić information content (AvgIpc) is 3.74. The smallest absolute Gasteiger partial charge is 0.412 e. The second-order valence-corrected chi connectivity index (χ2v) is 9.91. The highest BCUT2D eigenvalue weighted by molar-refractivity contribution is 5.78. The summed E-state index contributed by atoms with van der Waals surface area (Å²) in [7, 11) is 0. The summed E-state index contributed by atoms with van der Waals surface area (Å²) in [5.74, 6) is 1.72. The lowest BCUT2D eigenvalue weighted by Gasteiger charge is -2.26. The molecule has 5 aromatic rings. The number of benzene rings is 3. The number of ether oxygens (including phenoxy) is 2. The fraction of sp³-hybridized carbons (Fsp3) is 0.176. The summed E-state index contributed by atoms with van der Waals surface area (Å²) in [5.41, 5.74) is 6.26. The Kier molecular flexibility index (Phi) is 9.43. The highest BCUT2D eigenvalue weighted by Crippen LogP contribution is 2.36. The van der Waals surface area contributed by atoms with E-state index >= 15 is 0 Å². The first kappa shape index (κ1) is 29.1. The molecule has 0 atom stereocenters. The van der Waals surface area contributed by atoms with Crippen molar-refractivity contribution in [2.75, 3.05) is 11.5 Å². The molecule has 0 spiro atoms. The first-order valence-electron chi connectivity index (χ1n) is 13.9. The second kappa shape index (κ2) is 14.0. The fourth-order valence-electron chi connectivity index (χ4n) is 4.39. The van der Waals surface area contributed by atoms with Crippen LogP contribution in [0.5, 0.6) is 5.75 Å². The van der Waals surface area contributed by atoms with Crippen LogP contribution >= 0.6 is 0 Å². The number of hydrogen-bond acceptors (Lipinski definition) is 7. The first-order chi connectivity index (χ1) is 20.9. The Morgan fingerprint density at radius 2 is 1.28 bits per heavy atom. The minimum absolute atomic E-state index is 0.242. The third-order valence-corrected chi connectivity index (χ3v) is 6.85. The maximum Gasteiger partial charge on any atom is 0.412 e. The van der Waals surface area contributed by atoms with E-state index in [4.69, 9.17) is 18.3 Å². The van der Waals surface area contributed by atoms with Crippen molar-refractivity contribution >= 4 is 29.2 Å². The monoisotopic (exact) mass is 579 g/mol. The van der Waals surface area contributed by atoms with Gasteiger partial charge in [0.25, 0.3) is 0 Å². The van der Waals surface area contributed by atoms with Crippen LogP contribution in [0.1, 0.15) is 28.2 Å². The van der Waals surface area contributed by atoms with E-state index in [0.29, 0.717) is 23.7 Å². The van der Waals surface area contributed by atoms with Gasteiger partial charge in [-0.3, -0.25) is 0 Å². The minimum Gasteiger partial charge on any atom is -0.467 e. The molecule has 2 aromatic heterocycles. The van der Waals surface area contributed by atoms with Gasteiger partial charge in [-0.2, -0.15) is 0 Å². The third kappa shape index (κ3) is 8.07. The predicted molar refractivity (Wildman–Crippen MR) is 163 cm³/mol. The average molecular weight is 580 g/mol. The van der Waals surface area contributed by atoms with Crippen LogP contribution in [0.15, 0.2) is 112 Å². The lowest BCUT2D eigenvalue weighted by atomic mass is 10.1. The SMILES string of the molecule is Cc1ccc(N(c2ccc(CCOC(=O)NCc3ccco3)cc2)c2ccc(OC(=O)NCc3ccco3)cc2)cc1C. The molecule has 0 saturated carbocycles. The summed E-state index contributed by atoms with van der Waals surface area (Å²) in [6.45, 7) is 4.94. The predicted octanol–water partition coefficient (Wildman–Crippen LogP) is 7.72. The van der Waals surface area contributed by atoms with E-state index in [0.717, 1.165) is 22.6 Å². The molecule has 2 N–H and O–H groups in total. The minimum atomic E-state index is -0.565. The quantitative estimate of drug-likeness (QED) is 0.165. The molecule has 0 bridgehead atoms. The van der Waals surface area contributed by atoms with Gasteiger partial charge in [0, 0.05) is 23.5 Å². The van der Waals surface area contributed by atoms with Crippen molar-refractivity contribution in [1.29, 1.82) is 0 Å². The van der Waals surface area contributed by atoms with Gasteiger partial charge in [-0.1, -0.05) is 18.2 Å². The first-order valence-corrected chi connectivity index (χ1v) is 13.9. The van der Waals surface area contributed by atoms with Gasteiger partial charge in [-0.15, -0.1) is 0 Å². The molecule has 0 aliphatic heterocycles. The topological polar surface area (TPSA) is 106 Å². The number of amides is 2. The molecule has 0 aliphatic carbocycles. The van der Waals surface area contributed by atoms with Gasteiger partial charge in [-0.05, 0) is 103 Å². The van der Waals surface area contributed by atoms with Gasteiger partial charge in [0.2, 0.25) is 0 Å². The Morgan fingerprint density at radius 1 is 0.698 bits per heavy atom. The number of anilines is 3. The van der Waals surface area contributed by atoms with Crippen LogP contribution < -0.4 is 20.3 Å². The molecule has 220 valence electrons. The molecule has 2 amide bonds. The van der Waals surface area contributed by atoms with E-state index in [1.807, 2.05) is 36.4 Å². The zero-order chi connectivity index (χ0) is 30.0. The zero-order valence-electron chi connectivity index (χ0n) is 24.0. The van der Waals surface area contributed by atoms with Crippen molar-refractivity contribution in [2.24, 2.45) is 0 Å². The molecular formula is C34H33N3O6. The second-order valence-electron chi connectivity index (χ2n) is 9.91. The lowest BCUT2D eigenvalue weighted by Crippen LogP contribution is -2.26. The molecule has 5 rings (SSSR count). The van der Waals surface area contributed by atoms with Crippen LogP contribution in [0, 0.1) is 13.8 Å². The zero-order valence-corrected chi connectivity index (χ0v) is 24.0. The number of alkyl carbamates (subject to hydrolysis) is 1. The van der Waals surface area contributed by atoms with E-state index in [9.17, 15) is 9.59 Å². The Bertz CT molecular complexity index is 1610. The molecular weight excluding hydrogens is 546 g/mol. The summed E-state index contributed by atoms with van der Waals surface area (Å²) >= 11 is 0. The normalized spacial score (nSPS) is 10.7. The number of hydrogen-bond donors (Lipinski definition) is 2. The highest BCUT2D eigenvalue weighted by atomic mass is 16.6. The Morgan fingerprint density at radius 3 is 1.86 bits per heavy atom. The highest BCUT2D eigenvalue weighted by Gasteiger charge is 2.15. The Hall–Kier alpha value is -5.44. The number of carbonyl (C=O) groups is 2. The molecule has 0 saturated heterocycles. The van der Waals surface area contributed by atoms with Gasteiger partial charge in [0.15, 0.2) is 0 Å². The maximum atomic E-state index is 12.2. The van der Waals surface area contributed by atoms with Crippen LogP contribution in [0.3, 0.4) is 0 Å². The van der Waals surface area contributed by atoms with E-state index < -0.39 is 12.2 Å². The summed E-state index contributed by atoms with van der Waals surface area (Å²) < 4.78 is 21.2. The molecule has 43 heavy (non-hydrogen) atoms. The van der Waals surface area contributed by atoms with Crippen LogP contribution in [0.25, 0.3) is 0 Å². The van der Waals surface area contributed by atoms with Crippen molar-refractivity contribution in [2.45, 2.75) is 33.4 Å². The molecule has 0 fully saturated rings. The third-order valence-electron chi connectivity index (χ3n) is 6.85. The van der Waals surface area contributed by atoms with Gasteiger partial charge in [0.1, 0.15) is 17.3 Å². The Labute approximate surface area is 250 Å². The number of nitrogens with zero attached hydrogens (tertiary/aromatic N) is 1. The van der Waals surface area contributed by atoms with Crippen molar-refractivity contribution in [3.8, 4) is 5.75 Å². The molecule has 2 heterocycles. The number of carbonyl (C=O) groups excluding carboxylic acids is 2. The fourth-order valence-corrected chi connectivity index (χ4v) is 4.39. The summed E-state index contributed by atoms with van der Waals surface area (Å²) in [5, 5.41) is 5.34. The summed E-state index contributed by atoms with van der Waals surface area (Å²) in [6, 6.07) is 28.9. The van der Waals surface area contributed by atoms with Crippen LogP contribution in [0.4, 0.5) is 26.7 Å². The number of nitrogens with one attached hydrogen (secondary N) is 2. The molecule has 0 radical (unpaired) electrons. The summed E-state index contributed by atoms with van der Waals surface area (Å²) in [6.07, 6.45) is 2.63. The molecule has 0 unspecified atom stereocenters. The van der Waals surface area contributed by atoms with Crippen molar-refractivity contribution in [3.63, 3.8) is 0 Å². The van der Waals surface area contributed by atoms with E-state index in [-0.39, 0.29) is 19.7 Å². The van der Waals surface area contributed by atoms with Gasteiger partial charge >= 0.3 is 12.2 Å². The van der Waals surface area contributed by atoms with E-state index in [2.05, 4.69) is 47.6 Å². The van der Waals surface area contributed by atoms with Crippen LogP contribution in [-0.4, -0.2) is 18.8 Å². The van der Waals surface area contributed by atoms with E-state index in [1.54, 1.807) is 48.9 Å². The van der Waals surface area contributed by atoms with Gasteiger partial charge in [0.05, 0.1) is 32.2 Å². The summed E-state index contributed by atoms with van der Waals surface area (Å²) in [4.78, 5) is 26.4.